The molecule has 0 saturated heterocycles. The summed E-state index contributed by atoms with van der Waals surface area (Å²) in [5, 5.41) is 12.1. The first kappa shape index (κ1) is 17.7. The number of carboxylic acids is 1. The van der Waals surface area contributed by atoms with Crippen molar-refractivity contribution in [3.05, 3.63) is 46.2 Å². The second-order valence-electron chi connectivity index (χ2n) is 5.76. The molecule has 1 heterocycles. The highest BCUT2D eigenvalue weighted by molar-refractivity contribution is 6.05. The number of aliphatic carboxylic acids is 1. The van der Waals surface area contributed by atoms with Crippen molar-refractivity contribution in [3.8, 4) is 0 Å². The molecule has 0 aliphatic carbocycles. The average Bonchev–Trinajstić information content (AvgIpc) is 2.56. The van der Waals surface area contributed by atoms with Gasteiger partial charge in [-0.15, -0.1) is 0 Å². The molecule has 0 bridgehead atoms. The molecule has 0 aliphatic heterocycles. The van der Waals surface area contributed by atoms with Crippen molar-refractivity contribution in [1.29, 1.82) is 0 Å². The first-order valence-corrected chi connectivity index (χ1v) is 8.20. The molecule has 128 valence electrons. The van der Waals surface area contributed by atoms with E-state index in [1.54, 1.807) is 6.07 Å². The van der Waals surface area contributed by atoms with Crippen LogP contribution in [-0.2, 0) is 4.79 Å². The first-order chi connectivity index (χ1) is 11.6. The zero-order valence-corrected chi connectivity index (χ0v) is 13.5. The van der Waals surface area contributed by atoms with Gasteiger partial charge in [-0.25, -0.2) is 0 Å². The third-order valence-corrected chi connectivity index (χ3v) is 3.85. The third-order valence-electron chi connectivity index (χ3n) is 3.85. The number of carbonyl (C=O) groups excluding carboxylic acids is 1. The number of para-hydroxylation sites is 1. The maximum atomic E-state index is 12.3. The molecule has 6 nitrogen and oxygen atoms in total. The number of aromatic nitrogens is 1. The smallest absolute Gasteiger partial charge is 0.303 e. The van der Waals surface area contributed by atoms with Crippen LogP contribution in [0.4, 0.5) is 0 Å². The Morgan fingerprint density at radius 2 is 1.75 bits per heavy atom. The molecule has 1 aromatic carbocycles. The number of pyridine rings is 1. The number of carboxylic acid groups (broad SMARTS) is 1. The van der Waals surface area contributed by atoms with E-state index < -0.39 is 5.97 Å². The third kappa shape index (κ3) is 5.22. The number of unbranched alkanes of at least 4 members (excludes halogenated alkanes) is 4. The lowest BCUT2D eigenvalue weighted by Gasteiger charge is -2.08. The fourth-order valence-electron chi connectivity index (χ4n) is 2.62. The molecular formula is C18H22N2O4. The molecule has 2 aromatic rings. The molecule has 6 heteroatoms. The lowest BCUT2D eigenvalue weighted by atomic mass is 10.1. The molecule has 1 amide bonds. The molecule has 0 radical (unpaired) electrons. The molecular weight excluding hydrogens is 308 g/mol. The number of hydrogen-bond acceptors (Lipinski definition) is 3. The van der Waals surface area contributed by atoms with E-state index in [0.29, 0.717) is 24.0 Å². The van der Waals surface area contributed by atoms with Crippen LogP contribution in [0.25, 0.3) is 10.9 Å². The Kier molecular flexibility index (Phi) is 6.54. The first-order valence-electron chi connectivity index (χ1n) is 8.20. The molecule has 0 saturated carbocycles. The van der Waals surface area contributed by atoms with Crippen molar-refractivity contribution in [3.63, 3.8) is 0 Å². The number of benzene rings is 1. The molecule has 2 rings (SSSR count). The van der Waals surface area contributed by atoms with Gasteiger partial charge in [-0.3, -0.25) is 14.4 Å². The van der Waals surface area contributed by atoms with Gasteiger partial charge in [0.2, 0.25) is 5.56 Å². The quantitative estimate of drug-likeness (QED) is 0.615. The SMILES string of the molecule is O=C(O)CCCCCCCNC(=O)c1cc(=O)[nH]c2ccccc12. The van der Waals surface area contributed by atoms with Crippen LogP contribution in [0, 0.1) is 0 Å². The fraction of sp³-hybridized carbons (Fsp3) is 0.389. The van der Waals surface area contributed by atoms with Crippen LogP contribution in [-0.4, -0.2) is 28.5 Å². The minimum atomic E-state index is -0.757. The van der Waals surface area contributed by atoms with Gasteiger partial charge >= 0.3 is 5.97 Å². The fourth-order valence-corrected chi connectivity index (χ4v) is 2.62. The number of rotatable bonds is 9. The van der Waals surface area contributed by atoms with Gasteiger partial charge in [0.25, 0.3) is 5.91 Å². The van der Waals surface area contributed by atoms with Gasteiger partial charge in [0, 0.05) is 29.9 Å². The van der Waals surface area contributed by atoms with Crippen LogP contribution in [0.5, 0.6) is 0 Å². The maximum absolute atomic E-state index is 12.3. The normalized spacial score (nSPS) is 10.7. The van der Waals surface area contributed by atoms with Crippen LogP contribution in [0.1, 0.15) is 48.9 Å². The van der Waals surface area contributed by atoms with Gasteiger partial charge in [-0.2, -0.15) is 0 Å². The largest absolute Gasteiger partial charge is 0.481 e. The van der Waals surface area contributed by atoms with Gasteiger partial charge in [0.05, 0.1) is 5.56 Å². The minimum Gasteiger partial charge on any atom is -0.481 e. The number of hydrogen-bond donors (Lipinski definition) is 3. The summed E-state index contributed by atoms with van der Waals surface area (Å²) in [6, 6.07) is 8.54. The molecule has 1 aromatic heterocycles. The Morgan fingerprint density at radius 3 is 2.54 bits per heavy atom. The second-order valence-corrected chi connectivity index (χ2v) is 5.76. The lowest BCUT2D eigenvalue weighted by molar-refractivity contribution is -0.137. The van der Waals surface area contributed by atoms with Gasteiger partial charge in [0.1, 0.15) is 0 Å². The van der Waals surface area contributed by atoms with Crippen molar-refractivity contribution in [2.75, 3.05) is 6.54 Å². The number of H-pyrrole nitrogens is 1. The van der Waals surface area contributed by atoms with E-state index in [9.17, 15) is 14.4 Å². The van der Waals surface area contributed by atoms with Crippen LogP contribution < -0.4 is 10.9 Å². The zero-order chi connectivity index (χ0) is 17.4. The van der Waals surface area contributed by atoms with Crippen LogP contribution >= 0.6 is 0 Å². The van der Waals surface area contributed by atoms with Crippen LogP contribution in [0.3, 0.4) is 0 Å². The Bertz CT molecular complexity index is 767. The number of aromatic amines is 1. The maximum Gasteiger partial charge on any atom is 0.303 e. The highest BCUT2D eigenvalue weighted by Crippen LogP contribution is 2.14. The Balaban J connectivity index is 1.79. The van der Waals surface area contributed by atoms with E-state index in [-0.39, 0.29) is 17.9 Å². The highest BCUT2D eigenvalue weighted by Gasteiger charge is 2.10. The Hall–Kier alpha value is -2.63. The van der Waals surface area contributed by atoms with Gasteiger partial charge in [-0.05, 0) is 18.9 Å². The molecule has 0 unspecified atom stereocenters. The summed E-state index contributed by atoms with van der Waals surface area (Å²) in [4.78, 5) is 37.0. The molecule has 0 spiro atoms. The van der Waals surface area contributed by atoms with Crippen LogP contribution in [0.15, 0.2) is 35.1 Å². The second kappa shape index (κ2) is 8.86. The van der Waals surface area contributed by atoms with Crippen LogP contribution in [0.2, 0.25) is 0 Å². The highest BCUT2D eigenvalue weighted by atomic mass is 16.4. The summed E-state index contributed by atoms with van der Waals surface area (Å²) >= 11 is 0. The number of fused-ring (bicyclic) bond motifs is 1. The van der Waals surface area contributed by atoms with Gasteiger partial charge in [-0.1, -0.05) is 37.5 Å². The van der Waals surface area contributed by atoms with E-state index in [2.05, 4.69) is 10.3 Å². The van der Waals surface area contributed by atoms with E-state index in [1.807, 2.05) is 18.2 Å². The molecule has 24 heavy (non-hydrogen) atoms. The topological polar surface area (TPSA) is 99.3 Å². The molecule has 3 N–H and O–H groups in total. The number of nitrogens with one attached hydrogen (secondary N) is 2. The Labute approximate surface area is 139 Å². The molecule has 0 fully saturated rings. The summed E-state index contributed by atoms with van der Waals surface area (Å²) in [6.07, 6.45) is 4.53. The van der Waals surface area contributed by atoms with Crippen molar-refractivity contribution in [1.82, 2.24) is 10.3 Å². The van der Waals surface area contributed by atoms with Crippen molar-refractivity contribution >= 4 is 22.8 Å². The van der Waals surface area contributed by atoms with E-state index >= 15 is 0 Å². The summed E-state index contributed by atoms with van der Waals surface area (Å²) in [5.74, 6) is -1.00. The standard InChI is InChI=1S/C18H22N2O4/c21-16-12-14(13-8-5-6-9-15(13)20-16)18(24)19-11-7-3-1-2-4-10-17(22)23/h5-6,8-9,12H,1-4,7,10-11H2,(H,19,24)(H,20,21)(H,22,23). The van der Waals surface area contributed by atoms with Crippen molar-refractivity contribution in [2.24, 2.45) is 0 Å². The monoisotopic (exact) mass is 330 g/mol. The summed E-state index contributed by atoms with van der Waals surface area (Å²) in [7, 11) is 0. The van der Waals surface area contributed by atoms with E-state index in [0.717, 1.165) is 31.1 Å². The minimum absolute atomic E-state index is 0.215. The summed E-state index contributed by atoms with van der Waals surface area (Å²) in [6.45, 7) is 0.541. The van der Waals surface area contributed by atoms with Gasteiger partial charge in [0.15, 0.2) is 0 Å². The van der Waals surface area contributed by atoms with E-state index in [1.165, 1.54) is 6.07 Å². The average molecular weight is 330 g/mol. The summed E-state index contributed by atoms with van der Waals surface area (Å²) < 4.78 is 0. The molecule has 0 aliphatic rings. The predicted molar refractivity (Wildman–Crippen MR) is 92.2 cm³/mol. The zero-order valence-electron chi connectivity index (χ0n) is 13.5. The van der Waals surface area contributed by atoms with Crippen molar-refractivity contribution in [2.45, 2.75) is 38.5 Å². The lowest BCUT2D eigenvalue weighted by Crippen LogP contribution is -2.26. The Morgan fingerprint density at radius 1 is 1.04 bits per heavy atom. The summed E-state index contributed by atoms with van der Waals surface area (Å²) in [5.41, 5.74) is 0.738. The number of amides is 1. The molecule has 0 atom stereocenters. The predicted octanol–water partition coefficient (Wildman–Crippen LogP) is 2.68. The van der Waals surface area contributed by atoms with Crippen molar-refractivity contribution < 1.29 is 14.7 Å². The number of carbonyl (C=O) groups is 2. The van der Waals surface area contributed by atoms with Gasteiger partial charge < -0.3 is 15.4 Å². The van der Waals surface area contributed by atoms with E-state index in [4.69, 9.17) is 5.11 Å².